The summed E-state index contributed by atoms with van der Waals surface area (Å²) in [6, 6.07) is 4.51. The molecule has 7 nitrogen and oxygen atoms in total. The lowest BCUT2D eigenvalue weighted by molar-refractivity contribution is -0.141. The van der Waals surface area contributed by atoms with Crippen LogP contribution in [0.5, 0.6) is 0 Å². The maximum absolute atomic E-state index is 12.8. The maximum Gasteiger partial charge on any atom is 0.247 e. The number of nitrogens with one attached hydrogen (secondary N) is 1. The Morgan fingerprint density at radius 1 is 1.29 bits per heavy atom. The summed E-state index contributed by atoms with van der Waals surface area (Å²) >= 11 is 0. The van der Waals surface area contributed by atoms with Crippen molar-refractivity contribution in [2.45, 2.75) is 31.2 Å². The van der Waals surface area contributed by atoms with Crippen molar-refractivity contribution in [2.24, 2.45) is 0 Å². The van der Waals surface area contributed by atoms with Gasteiger partial charge in [0.15, 0.2) is 0 Å². The van der Waals surface area contributed by atoms with Crippen LogP contribution in [0.15, 0.2) is 23.1 Å². The summed E-state index contributed by atoms with van der Waals surface area (Å²) in [5.41, 5.74) is 5.08. The molecule has 3 N–H and O–H groups in total. The van der Waals surface area contributed by atoms with Crippen LogP contribution in [-0.4, -0.2) is 36.6 Å². The van der Waals surface area contributed by atoms with Crippen LogP contribution in [0.1, 0.15) is 19.4 Å². The van der Waals surface area contributed by atoms with Crippen LogP contribution in [0.3, 0.4) is 0 Å². The number of hydrogen-bond acceptors (Lipinski definition) is 5. The molecule has 1 fully saturated rings. The Morgan fingerprint density at radius 2 is 1.90 bits per heavy atom. The van der Waals surface area contributed by atoms with Crippen molar-refractivity contribution in [3.8, 4) is 0 Å². The SMILES string of the molecule is Cc1ccc(N)cc1S(=O)(=O)N1CC(=O)NC(=O)C1(C)C. The monoisotopic (exact) mass is 311 g/mol. The largest absolute Gasteiger partial charge is 0.399 e. The van der Waals surface area contributed by atoms with Gasteiger partial charge in [0.05, 0.1) is 11.4 Å². The first-order valence-electron chi connectivity index (χ1n) is 6.30. The smallest absolute Gasteiger partial charge is 0.247 e. The number of rotatable bonds is 2. The van der Waals surface area contributed by atoms with Gasteiger partial charge in [0, 0.05) is 5.69 Å². The normalized spacial score (nSPS) is 19.4. The number of sulfonamides is 1. The predicted octanol–water partition coefficient (Wildman–Crippen LogP) is 0.00292. The third kappa shape index (κ3) is 2.52. The van der Waals surface area contributed by atoms with Crippen LogP contribution >= 0.6 is 0 Å². The number of anilines is 1. The van der Waals surface area contributed by atoms with E-state index in [1.165, 1.54) is 19.9 Å². The van der Waals surface area contributed by atoms with Crippen molar-refractivity contribution in [3.63, 3.8) is 0 Å². The van der Waals surface area contributed by atoms with Gasteiger partial charge in [0.25, 0.3) is 0 Å². The predicted molar refractivity (Wildman–Crippen MR) is 76.7 cm³/mol. The Labute approximate surface area is 123 Å². The summed E-state index contributed by atoms with van der Waals surface area (Å²) in [6.07, 6.45) is 0. The van der Waals surface area contributed by atoms with Crippen LogP contribution in [0, 0.1) is 6.92 Å². The first kappa shape index (κ1) is 15.5. The van der Waals surface area contributed by atoms with Crippen molar-refractivity contribution < 1.29 is 18.0 Å². The number of piperazine rings is 1. The molecule has 0 spiro atoms. The van der Waals surface area contributed by atoms with Crippen LogP contribution in [-0.2, 0) is 19.6 Å². The highest BCUT2D eigenvalue weighted by molar-refractivity contribution is 7.89. The molecule has 8 heteroatoms. The van der Waals surface area contributed by atoms with E-state index >= 15 is 0 Å². The van der Waals surface area contributed by atoms with E-state index in [0.717, 1.165) is 4.31 Å². The van der Waals surface area contributed by atoms with Gasteiger partial charge in [-0.3, -0.25) is 14.9 Å². The standard InChI is InChI=1S/C13H17N3O4S/c1-8-4-5-9(14)6-10(8)21(19,20)16-7-11(17)15-12(18)13(16,2)3/h4-6H,7,14H2,1-3H3,(H,15,17,18). The van der Waals surface area contributed by atoms with Crippen molar-refractivity contribution >= 4 is 27.5 Å². The molecule has 1 aliphatic rings. The van der Waals surface area contributed by atoms with E-state index in [1.807, 2.05) is 0 Å². The Kier molecular flexibility index (Phi) is 3.54. The number of amides is 2. The lowest BCUT2D eigenvalue weighted by atomic mass is 10.0. The topological polar surface area (TPSA) is 110 Å². The highest BCUT2D eigenvalue weighted by Gasteiger charge is 2.47. The lowest BCUT2D eigenvalue weighted by Gasteiger charge is -2.39. The average molecular weight is 311 g/mol. The average Bonchev–Trinajstić information content (AvgIpc) is 2.36. The molecule has 114 valence electrons. The number of aryl methyl sites for hydroxylation is 1. The van der Waals surface area contributed by atoms with Gasteiger partial charge in [0.1, 0.15) is 5.54 Å². The number of imide groups is 1. The third-order valence-corrected chi connectivity index (χ3v) is 5.66. The summed E-state index contributed by atoms with van der Waals surface area (Å²) in [5, 5.41) is 2.14. The first-order chi connectivity index (χ1) is 9.56. The van der Waals surface area contributed by atoms with E-state index < -0.39 is 33.9 Å². The fraction of sp³-hybridized carbons (Fsp3) is 0.385. The molecule has 0 atom stereocenters. The van der Waals surface area contributed by atoms with Gasteiger partial charge in [-0.05, 0) is 38.5 Å². The Bertz CT molecular complexity index is 725. The fourth-order valence-corrected chi connectivity index (χ4v) is 4.13. The minimum Gasteiger partial charge on any atom is -0.399 e. The fourth-order valence-electron chi connectivity index (χ4n) is 2.16. The lowest BCUT2D eigenvalue weighted by Crippen LogP contribution is -2.65. The number of carbonyl (C=O) groups is 2. The molecular formula is C13H17N3O4S. The van der Waals surface area contributed by atoms with E-state index in [4.69, 9.17) is 5.73 Å². The molecule has 0 radical (unpaired) electrons. The number of hydrogen-bond donors (Lipinski definition) is 2. The van der Waals surface area contributed by atoms with Gasteiger partial charge in [-0.1, -0.05) is 6.07 Å². The summed E-state index contributed by atoms with van der Waals surface area (Å²) in [7, 11) is -4.02. The molecular weight excluding hydrogens is 294 g/mol. The molecule has 0 aliphatic carbocycles. The summed E-state index contributed by atoms with van der Waals surface area (Å²) in [4.78, 5) is 23.4. The van der Waals surface area contributed by atoms with Gasteiger partial charge in [-0.2, -0.15) is 4.31 Å². The molecule has 1 aromatic carbocycles. The molecule has 1 aliphatic heterocycles. The van der Waals surface area contributed by atoms with E-state index in [1.54, 1.807) is 19.1 Å². The molecule has 0 unspecified atom stereocenters. The zero-order valence-electron chi connectivity index (χ0n) is 12.0. The maximum atomic E-state index is 12.8. The first-order valence-corrected chi connectivity index (χ1v) is 7.74. The quantitative estimate of drug-likeness (QED) is 0.590. The van der Waals surface area contributed by atoms with Crippen molar-refractivity contribution in [1.29, 1.82) is 0 Å². The summed E-state index contributed by atoms with van der Waals surface area (Å²) in [5.74, 6) is -1.30. The third-order valence-electron chi connectivity index (χ3n) is 3.50. The van der Waals surface area contributed by atoms with E-state index in [9.17, 15) is 18.0 Å². The second-order valence-corrected chi connectivity index (χ2v) is 7.30. The Morgan fingerprint density at radius 3 is 2.52 bits per heavy atom. The number of nitrogen functional groups attached to an aromatic ring is 1. The zero-order chi connectivity index (χ0) is 16.0. The molecule has 1 heterocycles. The second-order valence-electron chi connectivity index (χ2n) is 5.47. The molecule has 0 aromatic heterocycles. The molecule has 2 rings (SSSR count). The molecule has 2 amide bonds. The van der Waals surface area contributed by atoms with Crippen molar-refractivity contribution in [3.05, 3.63) is 23.8 Å². The molecule has 21 heavy (non-hydrogen) atoms. The van der Waals surface area contributed by atoms with Gasteiger partial charge in [-0.25, -0.2) is 8.42 Å². The number of nitrogens with two attached hydrogens (primary N) is 1. The number of carbonyl (C=O) groups excluding carboxylic acids is 2. The van der Waals surface area contributed by atoms with E-state index in [-0.39, 0.29) is 4.90 Å². The highest BCUT2D eigenvalue weighted by atomic mass is 32.2. The van der Waals surface area contributed by atoms with Gasteiger partial charge in [0.2, 0.25) is 21.8 Å². The van der Waals surface area contributed by atoms with Gasteiger partial charge in [-0.15, -0.1) is 0 Å². The number of benzene rings is 1. The summed E-state index contributed by atoms with van der Waals surface area (Å²) in [6.45, 7) is 4.13. The zero-order valence-corrected chi connectivity index (χ0v) is 12.8. The molecule has 1 saturated heterocycles. The van der Waals surface area contributed by atoms with Crippen LogP contribution in [0.25, 0.3) is 0 Å². The Balaban J connectivity index is 2.59. The van der Waals surface area contributed by atoms with Crippen LogP contribution in [0.2, 0.25) is 0 Å². The van der Waals surface area contributed by atoms with E-state index in [0.29, 0.717) is 11.3 Å². The van der Waals surface area contributed by atoms with Crippen molar-refractivity contribution in [2.75, 3.05) is 12.3 Å². The minimum atomic E-state index is -4.02. The van der Waals surface area contributed by atoms with Crippen molar-refractivity contribution in [1.82, 2.24) is 9.62 Å². The minimum absolute atomic E-state index is 0.00178. The molecule has 1 aromatic rings. The van der Waals surface area contributed by atoms with Crippen LogP contribution in [0.4, 0.5) is 5.69 Å². The van der Waals surface area contributed by atoms with Gasteiger partial charge >= 0.3 is 0 Å². The molecule has 0 bridgehead atoms. The Hall–Kier alpha value is -1.93. The highest BCUT2D eigenvalue weighted by Crippen LogP contribution is 2.29. The molecule has 0 saturated carbocycles. The number of nitrogens with zero attached hydrogens (tertiary/aromatic N) is 1. The van der Waals surface area contributed by atoms with Gasteiger partial charge < -0.3 is 5.73 Å². The second kappa shape index (κ2) is 4.81. The summed E-state index contributed by atoms with van der Waals surface area (Å²) < 4.78 is 26.5. The van der Waals surface area contributed by atoms with Crippen LogP contribution < -0.4 is 11.1 Å². The van der Waals surface area contributed by atoms with E-state index in [2.05, 4.69) is 5.32 Å².